The maximum Gasteiger partial charge on any atom is 0.251 e. The van der Waals surface area contributed by atoms with Crippen molar-refractivity contribution >= 4 is 11.8 Å². The Hall–Kier alpha value is -1.66. The summed E-state index contributed by atoms with van der Waals surface area (Å²) in [5, 5.41) is 2.79. The average Bonchev–Trinajstić information content (AvgIpc) is 2.72. The summed E-state index contributed by atoms with van der Waals surface area (Å²) in [6.07, 6.45) is 3.53. The molecule has 1 N–H and O–H groups in total. The van der Waals surface area contributed by atoms with E-state index in [2.05, 4.69) is 11.9 Å². The fourth-order valence-electron chi connectivity index (χ4n) is 1.78. The number of ether oxygens (including phenoxy) is 2. The Morgan fingerprint density at radius 1 is 1.24 bits per heavy atom. The smallest absolute Gasteiger partial charge is 0.251 e. The van der Waals surface area contributed by atoms with Crippen molar-refractivity contribution < 1.29 is 19.1 Å². The van der Waals surface area contributed by atoms with Crippen LogP contribution in [0, 0.1) is 0 Å². The van der Waals surface area contributed by atoms with Gasteiger partial charge in [0.25, 0.3) is 5.91 Å². The largest absolute Gasteiger partial charge is 0.379 e. The molecule has 0 bridgehead atoms. The van der Waals surface area contributed by atoms with Crippen LogP contribution in [0.15, 0.2) is 24.4 Å². The van der Waals surface area contributed by atoms with Crippen molar-refractivity contribution in [1.29, 1.82) is 0 Å². The highest BCUT2D eigenvalue weighted by atomic mass is 16.5. The van der Waals surface area contributed by atoms with Crippen LogP contribution < -0.4 is 5.32 Å². The van der Waals surface area contributed by atoms with Crippen molar-refractivity contribution in [3.63, 3.8) is 0 Å². The Kier molecular flexibility index (Phi) is 7.71. The molecule has 6 heteroatoms. The zero-order valence-electron chi connectivity index (χ0n) is 12.8. The lowest BCUT2D eigenvalue weighted by atomic mass is 10.3. The second-order valence-corrected chi connectivity index (χ2v) is 5.01. The lowest BCUT2D eigenvalue weighted by molar-refractivity contribution is -0.124. The fraction of sp³-hybridized carbons (Fsp3) is 0.600. The number of hydrogen-bond acceptors (Lipinski definition) is 4. The third kappa shape index (κ3) is 7.06. The van der Waals surface area contributed by atoms with Crippen LogP contribution >= 0.6 is 0 Å². The van der Waals surface area contributed by atoms with Gasteiger partial charge in [0, 0.05) is 30.8 Å². The van der Waals surface area contributed by atoms with Crippen LogP contribution in [-0.2, 0) is 19.1 Å². The Bertz CT molecular complexity index is 386. The highest BCUT2D eigenvalue weighted by Gasteiger charge is 2.17. The molecule has 1 aliphatic rings. The minimum atomic E-state index is -0.0592. The summed E-state index contributed by atoms with van der Waals surface area (Å²) in [7, 11) is 0. The summed E-state index contributed by atoms with van der Waals surface area (Å²) >= 11 is 0. The van der Waals surface area contributed by atoms with Crippen molar-refractivity contribution in [1.82, 2.24) is 10.2 Å². The standard InChI is InChI=1S/C15H24N2O4/c1-12(2)16-14(18)6-8-20-10-11-21-9-7-17-13(3)4-5-15(17)19/h4-5,12H,3,6-11H2,1-2H3,(H,16,18). The molecule has 0 atom stereocenters. The number of rotatable bonds is 10. The molecule has 0 unspecified atom stereocenters. The minimum absolute atomic E-state index is 0.00974. The van der Waals surface area contributed by atoms with Gasteiger partial charge >= 0.3 is 0 Å². The molecule has 0 aliphatic carbocycles. The Morgan fingerprint density at radius 3 is 2.48 bits per heavy atom. The van der Waals surface area contributed by atoms with Crippen LogP contribution in [0.4, 0.5) is 0 Å². The summed E-state index contributed by atoms with van der Waals surface area (Å²) in [6.45, 7) is 9.77. The van der Waals surface area contributed by atoms with E-state index >= 15 is 0 Å². The zero-order chi connectivity index (χ0) is 15.7. The first-order chi connectivity index (χ1) is 10.0. The van der Waals surface area contributed by atoms with Crippen molar-refractivity contribution in [2.24, 2.45) is 0 Å². The van der Waals surface area contributed by atoms with E-state index in [0.29, 0.717) is 45.1 Å². The predicted octanol–water partition coefficient (Wildman–Crippen LogP) is 0.846. The fourth-order valence-corrected chi connectivity index (χ4v) is 1.78. The summed E-state index contributed by atoms with van der Waals surface area (Å²) in [6, 6.07) is 0.151. The third-order valence-electron chi connectivity index (χ3n) is 2.79. The van der Waals surface area contributed by atoms with Gasteiger partial charge in [0.05, 0.1) is 26.4 Å². The molecule has 1 rings (SSSR count). The van der Waals surface area contributed by atoms with E-state index in [9.17, 15) is 9.59 Å². The number of amides is 2. The summed E-state index contributed by atoms with van der Waals surface area (Å²) < 4.78 is 10.7. The molecule has 1 heterocycles. The van der Waals surface area contributed by atoms with E-state index in [0.717, 1.165) is 0 Å². The van der Waals surface area contributed by atoms with Crippen LogP contribution in [-0.4, -0.2) is 55.7 Å². The SMILES string of the molecule is C=C1C=CC(=O)N1CCOCCOCCC(=O)NC(C)C. The van der Waals surface area contributed by atoms with Crippen molar-refractivity contribution in [2.75, 3.05) is 33.0 Å². The normalized spacial score (nSPS) is 14.3. The minimum Gasteiger partial charge on any atom is -0.379 e. The number of nitrogens with zero attached hydrogens (tertiary/aromatic N) is 1. The lowest BCUT2D eigenvalue weighted by Crippen LogP contribution is -2.30. The monoisotopic (exact) mass is 296 g/mol. The molecule has 1 aliphatic heterocycles. The zero-order valence-corrected chi connectivity index (χ0v) is 12.8. The van der Waals surface area contributed by atoms with Gasteiger partial charge in [-0.2, -0.15) is 0 Å². The van der Waals surface area contributed by atoms with Gasteiger partial charge in [-0.05, 0) is 19.9 Å². The molecule has 21 heavy (non-hydrogen) atoms. The summed E-state index contributed by atoms with van der Waals surface area (Å²) in [4.78, 5) is 24.3. The van der Waals surface area contributed by atoms with Gasteiger partial charge in [0.2, 0.25) is 5.91 Å². The number of carbonyl (C=O) groups excluding carboxylic acids is 2. The molecule has 0 spiro atoms. The Balaban J connectivity index is 1.92. The van der Waals surface area contributed by atoms with Crippen molar-refractivity contribution in [3.05, 3.63) is 24.4 Å². The number of nitrogens with one attached hydrogen (secondary N) is 1. The summed E-state index contributed by atoms with van der Waals surface area (Å²) in [5.41, 5.74) is 0.691. The van der Waals surface area contributed by atoms with E-state index in [4.69, 9.17) is 9.47 Å². The lowest BCUT2D eigenvalue weighted by Gasteiger charge is -2.16. The first kappa shape index (κ1) is 17.4. The van der Waals surface area contributed by atoms with Crippen LogP contribution in [0.5, 0.6) is 0 Å². The molecular weight excluding hydrogens is 272 g/mol. The molecule has 0 saturated carbocycles. The quantitative estimate of drug-likeness (QED) is 0.607. The van der Waals surface area contributed by atoms with Gasteiger partial charge in [-0.1, -0.05) is 6.58 Å². The highest BCUT2D eigenvalue weighted by Crippen LogP contribution is 2.11. The second-order valence-electron chi connectivity index (χ2n) is 5.01. The van der Waals surface area contributed by atoms with Gasteiger partial charge in [-0.25, -0.2) is 0 Å². The first-order valence-corrected chi connectivity index (χ1v) is 7.14. The van der Waals surface area contributed by atoms with E-state index < -0.39 is 0 Å². The van der Waals surface area contributed by atoms with E-state index in [-0.39, 0.29) is 17.9 Å². The van der Waals surface area contributed by atoms with Crippen molar-refractivity contribution in [3.8, 4) is 0 Å². The maximum atomic E-state index is 11.4. The van der Waals surface area contributed by atoms with Gasteiger partial charge in [0.15, 0.2) is 0 Å². The van der Waals surface area contributed by atoms with Crippen LogP contribution in [0.25, 0.3) is 0 Å². The summed E-state index contributed by atoms with van der Waals surface area (Å²) in [5.74, 6) is -0.0690. The predicted molar refractivity (Wildman–Crippen MR) is 79.5 cm³/mol. The van der Waals surface area contributed by atoms with Gasteiger partial charge < -0.3 is 19.7 Å². The van der Waals surface area contributed by atoms with E-state index in [1.807, 2.05) is 13.8 Å². The Labute approximate surface area is 125 Å². The van der Waals surface area contributed by atoms with E-state index in [1.165, 1.54) is 6.08 Å². The number of hydrogen-bond donors (Lipinski definition) is 1. The third-order valence-corrected chi connectivity index (χ3v) is 2.79. The topological polar surface area (TPSA) is 67.9 Å². The molecule has 0 saturated heterocycles. The molecule has 0 fully saturated rings. The van der Waals surface area contributed by atoms with Gasteiger partial charge in [-0.3, -0.25) is 9.59 Å². The second kappa shape index (κ2) is 9.31. The molecule has 0 aromatic heterocycles. The molecule has 0 aromatic carbocycles. The van der Waals surface area contributed by atoms with Crippen LogP contribution in [0.1, 0.15) is 20.3 Å². The number of carbonyl (C=O) groups is 2. The molecule has 2 amide bonds. The highest BCUT2D eigenvalue weighted by molar-refractivity contribution is 5.92. The molecule has 6 nitrogen and oxygen atoms in total. The molecule has 0 aromatic rings. The van der Waals surface area contributed by atoms with Crippen molar-refractivity contribution in [2.45, 2.75) is 26.3 Å². The molecular formula is C15H24N2O4. The van der Waals surface area contributed by atoms with Gasteiger partial charge in [0.1, 0.15) is 0 Å². The van der Waals surface area contributed by atoms with E-state index in [1.54, 1.807) is 11.0 Å². The first-order valence-electron chi connectivity index (χ1n) is 7.14. The number of allylic oxidation sites excluding steroid dienone is 1. The van der Waals surface area contributed by atoms with Gasteiger partial charge in [-0.15, -0.1) is 0 Å². The Morgan fingerprint density at radius 2 is 1.90 bits per heavy atom. The average molecular weight is 296 g/mol. The van der Waals surface area contributed by atoms with Crippen LogP contribution in [0.3, 0.4) is 0 Å². The van der Waals surface area contributed by atoms with Crippen LogP contribution in [0.2, 0.25) is 0 Å². The maximum absolute atomic E-state index is 11.4. The molecule has 118 valence electrons. The molecule has 0 radical (unpaired) electrons.